The molecule has 210 valence electrons. The van der Waals surface area contributed by atoms with Gasteiger partial charge in [0.05, 0.1) is 16.5 Å². The van der Waals surface area contributed by atoms with Gasteiger partial charge in [0.25, 0.3) is 5.52 Å². The lowest BCUT2D eigenvalue weighted by Crippen LogP contribution is -2.25. The first-order valence-electron chi connectivity index (χ1n) is 13.8. The zero-order valence-corrected chi connectivity index (χ0v) is 24.9. The predicted octanol–water partition coefficient (Wildman–Crippen LogP) is 6.66. The smallest absolute Gasteiger partial charge is 0.345 e. The van der Waals surface area contributed by atoms with Gasteiger partial charge < -0.3 is 9.84 Å². The third kappa shape index (κ3) is 4.82. The van der Waals surface area contributed by atoms with Crippen LogP contribution in [0.4, 0.5) is 0 Å². The van der Waals surface area contributed by atoms with Gasteiger partial charge in [-0.25, -0.2) is 9.78 Å². The Balaban J connectivity index is 1.59. The summed E-state index contributed by atoms with van der Waals surface area (Å²) >= 11 is 0. The van der Waals surface area contributed by atoms with Crippen LogP contribution in [-0.4, -0.2) is 27.4 Å². The number of H-pyrrole nitrogens is 1. The Morgan fingerprint density at radius 1 is 0.902 bits per heavy atom. The number of ketones is 2. The molecule has 41 heavy (non-hydrogen) atoms. The second kappa shape index (κ2) is 9.65. The molecule has 0 aliphatic heterocycles. The molecule has 0 saturated carbocycles. The lowest BCUT2D eigenvalue weighted by molar-refractivity contribution is -0.357. The van der Waals surface area contributed by atoms with Gasteiger partial charge in [-0.3, -0.25) is 9.59 Å². The Morgan fingerprint density at radius 2 is 1.54 bits per heavy atom. The molecule has 5 rings (SSSR count). The number of hydrogen-bond acceptors (Lipinski definition) is 4. The van der Waals surface area contributed by atoms with Crippen molar-refractivity contribution in [3.05, 3.63) is 99.2 Å². The summed E-state index contributed by atoms with van der Waals surface area (Å²) in [6.45, 7) is 15.8. The molecule has 4 aromatic rings. The number of esters is 1. The number of fused-ring (bicyclic) bond motifs is 2. The fraction of sp³-hybridized carbons (Fsp3) is 0.314. The fourth-order valence-electron chi connectivity index (χ4n) is 5.64. The molecule has 0 fully saturated rings. The SMILES string of the molecule is Cc1cccc2c1C(=O)[C@H](c1ccc3c(C)ccc(OC(=O)c4cc(C(C)(C)C)c(O)c(C(C)(C)C)c4)c3[nH+]1)C2=[OH+]. The van der Waals surface area contributed by atoms with Crippen molar-refractivity contribution >= 4 is 28.4 Å². The van der Waals surface area contributed by atoms with E-state index in [4.69, 9.17) is 4.74 Å². The highest BCUT2D eigenvalue weighted by Crippen LogP contribution is 2.40. The zero-order chi connectivity index (χ0) is 30.0. The minimum atomic E-state index is -0.875. The van der Waals surface area contributed by atoms with Crippen LogP contribution in [0.2, 0.25) is 0 Å². The summed E-state index contributed by atoms with van der Waals surface area (Å²) in [6.07, 6.45) is 0. The molecule has 0 unspecified atom stereocenters. The van der Waals surface area contributed by atoms with Crippen molar-refractivity contribution in [3.8, 4) is 11.5 Å². The van der Waals surface area contributed by atoms with E-state index < -0.39 is 22.7 Å². The number of carbonyl (C=O) groups is 2. The quantitative estimate of drug-likeness (QED) is 0.133. The fourth-order valence-corrected chi connectivity index (χ4v) is 5.64. The Labute approximate surface area is 240 Å². The number of phenols is 1. The zero-order valence-electron chi connectivity index (χ0n) is 24.9. The van der Waals surface area contributed by atoms with Gasteiger partial charge in [0.2, 0.25) is 17.4 Å². The number of phenolic OH excluding ortho intramolecular Hbond substituents is 1. The van der Waals surface area contributed by atoms with Gasteiger partial charge >= 0.3 is 11.8 Å². The van der Waals surface area contributed by atoms with Crippen LogP contribution < -0.4 is 9.72 Å². The lowest BCUT2D eigenvalue weighted by atomic mass is 9.78. The number of carbonyl (C=O) groups excluding carboxylic acids is 3. The molecule has 1 aliphatic carbocycles. The molecule has 0 saturated heterocycles. The van der Waals surface area contributed by atoms with E-state index in [1.165, 1.54) is 0 Å². The Bertz CT molecular complexity index is 1730. The second-order valence-electron chi connectivity index (χ2n) is 13.1. The third-order valence-electron chi connectivity index (χ3n) is 7.93. The first-order valence-corrected chi connectivity index (χ1v) is 13.8. The molecule has 6 nitrogen and oxygen atoms in total. The van der Waals surface area contributed by atoms with E-state index in [2.05, 4.69) is 4.98 Å². The average molecular weight is 552 g/mol. The van der Waals surface area contributed by atoms with Gasteiger partial charge in [-0.1, -0.05) is 59.7 Å². The lowest BCUT2D eigenvalue weighted by Gasteiger charge is -2.27. The molecule has 3 aromatic carbocycles. The van der Waals surface area contributed by atoms with Gasteiger partial charge in [-0.15, -0.1) is 0 Å². The van der Waals surface area contributed by atoms with Gasteiger partial charge in [0.15, 0.2) is 5.78 Å². The van der Waals surface area contributed by atoms with E-state index in [1.54, 1.807) is 30.3 Å². The highest BCUT2D eigenvalue weighted by Gasteiger charge is 2.48. The number of ether oxygens (including phenoxy) is 1. The van der Waals surface area contributed by atoms with E-state index in [0.29, 0.717) is 44.8 Å². The molecule has 1 aromatic heterocycles. The number of benzene rings is 3. The largest absolute Gasteiger partial charge is 0.507 e. The maximum atomic E-state index is 13.6. The number of aromatic hydroxyl groups is 1. The van der Waals surface area contributed by atoms with E-state index in [1.807, 2.05) is 79.7 Å². The summed E-state index contributed by atoms with van der Waals surface area (Å²) in [5.41, 5.74) is 4.77. The normalized spacial score (nSPS) is 15.4. The van der Waals surface area contributed by atoms with Crippen molar-refractivity contribution < 1.29 is 29.2 Å². The number of aromatic nitrogens is 1. The molecule has 0 radical (unpaired) electrons. The summed E-state index contributed by atoms with van der Waals surface area (Å²) in [4.78, 5) is 41.4. The monoisotopic (exact) mass is 551 g/mol. The summed E-state index contributed by atoms with van der Waals surface area (Å²) in [6, 6.07) is 16.1. The standard InChI is InChI=1S/C35H35NO5/c1-18-12-15-26(41-33(40)20-16-23(34(3,4)5)31(38)24(17-20)35(6,7)8)29-21(18)13-14-25(36-29)28-30(37)22-11-9-10-19(2)27(22)32(28)39/h9-17,28,38H,1-8H3/p+2/t28-/m1/s1. The highest BCUT2D eigenvalue weighted by atomic mass is 16.5. The van der Waals surface area contributed by atoms with E-state index in [0.717, 1.165) is 16.5 Å². The number of hydrogen-bond donors (Lipinski definition) is 1. The summed E-state index contributed by atoms with van der Waals surface area (Å²) in [5.74, 6) is -1.11. The van der Waals surface area contributed by atoms with Crippen LogP contribution in [-0.2, 0) is 10.8 Å². The van der Waals surface area contributed by atoms with Crippen molar-refractivity contribution in [1.29, 1.82) is 0 Å². The van der Waals surface area contributed by atoms with E-state index in [-0.39, 0.29) is 17.3 Å². The highest BCUT2D eigenvalue weighted by molar-refractivity contribution is 6.30. The van der Waals surface area contributed by atoms with Crippen LogP contribution in [0.15, 0.2) is 54.6 Å². The molecule has 0 amide bonds. The van der Waals surface area contributed by atoms with E-state index >= 15 is 0 Å². The molecule has 0 bridgehead atoms. The molecule has 6 heteroatoms. The first-order chi connectivity index (χ1) is 19.1. The number of nitrogens with one attached hydrogen (secondary N) is 1. The molecule has 0 spiro atoms. The van der Waals surface area contributed by atoms with Crippen LogP contribution in [0.5, 0.6) is 11.5 Å². The number of aromatic amines is 1. The summed E-state index contributed by atoms with van der Waals surface area (Å²) < 4.78 is 5.99. The molecular weight excluding hydrogens is 514 g/mol. The van der Waals surface area contributed by atoms with Crippen molar-refractivity contribution in [3.63, 3.8) is 0 Å². The number of aryl methyl sites for hydroxylation is 2. The second-order valence-corrected chi connectivity index (χ2v) is 13.1. The van der Waals surface area contributed by atoms with Crippen molar-refractivity contribution in [1.82, 2.24) is 0 Å². The van der Waals surface area contributed by atoms with Crippen molar-refractivity contribution in [2.45, 2.75) is 72.1 Å². The maximum absolute atomic E-state index is 13.6. The van der Waals surface area contributed by atoms with E-state index in [9.17, 15) is 19.5 Å². The molecule has 1 atom stereocenters. The van der Waals surface area contributed by atoms with Gasteiger partial charge in [-0.2, -0.15) is 0 Å². The van der Waals surface area contributed by atoms with Crippen LogP contribution >= 0.6 is 0 Å². The average Bonchev–Trinajstić information content (AvgIpc) is 3.14. The Morgan fingerprint density at radius 3 is 2.12 bits per heavy atom. The Kier molecular flexibility index (Phi) is 6.64. The first kappa shape index (κ1) is 28.2. The van der Waals surface area contributed by atoms with Crippen molar-refractivity contribution in [2.75, 3.05) is 0 Å². The Hall–Kier alpha value is -4.32. The minimum Gasteiger partial charge on any atom is -0.507 e. The summed E-state index contributed by atoms with van der Waals surface area (Å²) in [7, 11) is 0. The molecule has 1 heterocycles. The predicted molar refractivity (Wildman–Crippen MR) is 160 cm³/mol. The molecule has 1 aliphatic rings. The summed E-state index contributed by atoms with van der Waals surface area (Å²) in [5, 5.41) is 11.9. The molecule has 3 N–H and O–H groups in total. The minimum absolute atomic E-state index is 0.00371. The molecular formula is C35H37NO5+2. The van der Waals surface area contributed by atoms with Gasteiger partial charge in [0, 0.05) is 22.8 Å². The number of Topliss-reactive ketones (excluding diaryl/α,β-unsaturated/α-hetero) is 1. The van der Waals surface area contributed by atoms with Crippen LogP contribution in [0.25, 0.3) is 10.9 Å². The van der Waals surface area contributed by atoms with Gasteiger partial charge in [0.1, 0.15) is 5.75 Å². The topological polar surface area (TPSA) is 99.1 Å². The van der Waals surface area contributed by atoms with Gasteiger partial charge in [-0.05, 0) is 66.1 Å². The van der Waals surface area contributed by atoms with Crippen molar-refractivity contribution in [2.24, 2.45) is 0 Å². The number of rotatable bonds is 3. The maximum Gasteiger partial charge on any atom is 0.345 e. The van der Waals surface area contributed by atoms with Crippen LogP contribution in [0.3, 0.4) is 0 Å². The third-order valence-corrected chi connectivity index (χ3v) is 7.93. The number of pyridine rings is 1. The van der Waals surface area contributed by atoms with Crippen LogP contribution in [0, 0.1) is 13.8 Å². The van der Waals surface area contributed by atoms with Crippen LogP contribution in [0.1, 0.15) is 102 Å².